The molecule has 0 amide bonds. The first-order valence-electron chi connectivity index (χ1n) is 5.29. The highest BCUT2D eigenvalue weighted by Gasteiger charge is 2.35. The molecule has 1 rings (SSSR count). The number of hydrogen-bond donors (Lipinski definition) is 0. The average molecular weight is 316 g/mol. The first-order valence-corrected chi connectivity index (χ1v) is 5.29. The Kier molecular flexibility index (Phi) is 5.16. The summed E-state index contributed by atoms with van der Waals surface area (Å²) in [6.07, 6.45) is -2.73. The van der Waals surface area contributed by atoms with Gasteiger partial charge in [0, 0.05) is 6.07 Å². The molecule has 0 unspecified atom stereocenters. The van der Waals surface area contributed by atoms with E-state index in [1.54, 1.807) is 0 Å². The number of nitrogens with zero attached hydrogens (tertiary/aromatic N) is 2. The third kappa shape index (κ3) is 3.56. The Bertz CT molecular complexity index is 641. The molecule has 22 heavy (non-hydrogen) atoms. The zero-order valence-electron chi connectivity index (χ0n) is 11.1. The Morgan fingerprint density at radius 3 is 1.95 bits per heavy atom. The van der Waals surface area contributed by atoms with Crippen molar-refractivity contribution in [2.75, 3.05) is 14.2 Å². The van der Waals surface area contributed by atoms with Crippen molar-refractivity contribution in [2.45, 2.75) is 0 Å². The predicted molar refractivity (Wildman–Crippen MR) is 65.8 cm³/mol. The average Bonchev–Trinajstić information content (AvgIpc) is 2.46. The zero-order chi connectivity index (χ0) is 16.9. The summed E-state index contributed by atoms with van der Waals surface area (Å²) >= 11 is 0. The fourth-order valence-corrected chi connectivity index (χ4v) is 1.30. The number of benzene rings is 1. The number of ether oxygens (including phenoxy) is 4. The van der Waals surface area contributed by atoms with Crippen molar-refractivity contribution in [3.8, 4) is 11.5 Å². The summed E-state index contributed by atoms with van der Waals surface area (Å²) in [5.74, 6) is -1.75. The standard InChI is InChI=1S/C10H8N2O10/c1-19-9(13)21-6-4-3-5(11(15)16)8(7(6)12(17)18)22-10(14)20-2/h3-4H,1-2H3. The van der Waals surface area contributed by atoms with Crippen LogP contribution in [0.2, 0.25) is 0 Å². The molecule has 0 fully saturated rings. The van der Waals surface area contributed by atoms with Gasteiger partial charge in [-0.15, -0.1) is 0 Å². The maximum atomic E-state index is 11.1. The van der Waals surface area contributed by atoms with Gasteiger partial charge in [-0.05, 0) is 6.07 Å². The molecule has 0 aliphatic carbocycles. The van der Waals surface area contributed by atoms with Gasteiger partial charge in [0.25, 0.3) is 5.75 Å². The molecule has 1 aromatic carbocycles. The zero-order valence-corrected chi connectivity index (χ0v) is 11.1. The highest BCUT2D eigenvalue weighted by Crippen LogP contribution is 2.43. The molecule has 0 aromatic heterocycles. The third-order valence-electron chi connectivity index (χ3n) is 2.16. The Morgan fingerprint density at radius 1 is 0.955 bits per heavy atom. The van der Waals surface area contributed by atoms with E-state index in [-0.39, 0.29) is 0 Å². The number of methoxy groups -OCH3 is 2. The number of nitro groups is 2. The van der Waals surface area contributed by atoms with Crippen molar-refractivity contribution in [1.29, 1.82) is 0 Å². The largest absolute Gasteiger partial charge is 0.514 e. The van der Waals surface area contributed by atoms with E-state index in [1.807, 2.05) is 0 Å². The highest BCUT2D eigenvalue weighted by molar-refractivity contribution is 5.76. The molecule has 0 radical (unpaired) electrons. The topological polar surface area (TPSA) is 157 Å². The predicted octanol–water partition coefficient (Wildman–Crippen LogP) is 1.79. The molecular weight excluding hydrogens is 308 g/mol. The Balaban J connectivity index is 3.53. The highest BCUT2D eigenvalue weighted by atomic mass is 16.7. The molecule has 12 nitrogen and oxygen atoms in total. The van der Waals surface area contributed by atoms with E-state index in [2.05, 4.69) is 18.9 Å². The first kappa shape index (κ1) is 16.6. The summed E-state index contributed by atoms with van der Waals surface area (Å²) in [5.41, 5.74) is -2.00. The fourth-order valence-electron chi connectivity index (χ4n) is 1.30. The van der Waals surface area contributed by atoms with Crippen LogP contribution >= 0.6 is 0 Å². The van der Waals surface area contributed by atoms with E-state index >= 15 is 0 Å². The summed E-state index contributed by atoms with van der Waals surface area (Å²) in [6, 6.07) is 1.54. The van der Waals surface area contributed by atoms with E-state index in [0.717, 1.165) is 26.4 Å². The van der Waals surface area contributed by atoms with Crippen molar-refractivity contribution in [3.05, 3.63) is 32.4 Å². The number of rotatable bonds is 4. The van der Waals surface area contributed by atoms with Gasteiger partial charge in [0.1, 0.15) is 0 Å². The summed E-state index contributed by atoms with van der Waals surface area (Å²) < 4.78 is 17.2. The monoisotopic (exact) mass is 316 g/mol. The fraction of sp³-hybridized carbons (Fsp3) is 0.200. The molecule has 0 N–H and O–H groups in total. The molecular formula is C10H8N2O10. The molecule has 0 spiro atoms. The second-order valence-electron chi connectivity index (χ2n) is 3.39. The van der Waals surface area contributed by atoms with Crippen LogP contribution in [-0.2, 0) is 9.47 Å². The lowest BCUT2D eigenvalue weighted by atomic mass is 10.2. The molecule has 0 aliphatic rings. The minimum atomic E-state index is -1.43. The second-order valence-corrected chi connectivity index (χ2v) is 3.39. The van der Waals surface area contributed by atoms with Crippen LogP contribution in [0.3, 0.4) is 0 Å². The van der Waals surface area contributed by atoms with Gasteiger partial charge in [0.15, 0.2) is 0 Å². The van der Waals surface area contributed by atoms with Crippen molar-refractivity contribution in [2.24, 2.45) is 0 Å². The van der Waals surface area contributed by atoms with Gasteiger partial charge in [-0.3, -0.25) is 20.2 Å². The van der Waals surface area contributed by atoms with Crippen molar-refractivity contribution in [1.82, 2.24) is 0 Å². The van der Waals surface area contributed by atoms with Crippen LogP contribution in [0.5, 0.6) is 11.5 Å². The van der Waals surface area contributed by atoms with Gasteiger partial charge >= 0.3 is 23.7 Å². The Labute approximate surface area is 121 Å². The molecule has 0 saturated carbocycles. The Hall–Kier alpha value is -3.44. The lowest BCUT2D eigenvalue weighted by Gasteiger charge is -2.08. The minimum absolute atomic E-state index is 0.707. The van der Waals surface area contributed by atoms with Crippen LogP contribution in [0.4, 0.5) is 21.0 Å². The summed E-state index contributed by atoms with van der Waals surface area (Å²) in [5, 5.41) is 22.0. The molecule has 0 atom stereocenters. The molecule has 0 saturated heterocycles. The molecule has 12 heteroatoms. The number of carbonyl (C=O) groups is 2. The van der Waals surface area contributed by atoms with Gasteiger partial charge in [0.2, 0.25) is 5.75 Å². The van der Waals surface area contributed by atoms with Crippen molar-refractivity contribution in [3.63, 3.8) is 0 Å². The maximum Gasteiger partial charge on any atom is 0.514 e. The van der Waals surface area contributed by atoms with E-state index in [9.17, 15) is 29.8 Å². The van der Waals surface area contributed by atoms with Gasteiger partial charge in [0.05, 0.1) is 24.1 Å². The van der Waals surface area contributed by atoms with Gasteiger partial charge in [-0.25, -0.2) is 9.59 Å². The van der Waals surface area contributed by atoms with Crippen LogP contribution < -0.4 is 9.47 Å². The SMILES string of the molecule is COC(=O)Oc1ccc([N+](=O)[O-])c(OC(=O)OC)c1[N+](=O)[O-]. The summed E-state index contributed by atoms with van der Waals surface area (Å²) in [4.78, 5) is 41.9. The molecule has 0 heterocycles. The van der Waals surface area contributed by atoms with Gasteiger partial charge < -0.3 is 18.9 Å². The normalized spacial score (nSPS) is 9.55. The van der Waals surface area contributed by atoms with E-state index in [0.29, 0.717) is 0 Å². The molecule has 0 aliphatic heterocycles. The number of carbonyl (C=O) groups excluding carboxylic acids is 2. The first-order chi connectivity index (χ1) is 10.3. The summed E-state index contributed by atoms with van der Waals surface area (Å²) in [7, 11) is 1.85. The number of hydrogen-bond acceptors (Lipinski definition) is 10. The van der Waals surface area contributed by atoms with E-state index in [4.69, 9.17) is 0 Å². The summed E-state index contributed by atoms with van der Waals surface area (Å²) in [6.45, 7) is 0. The molecule has 0 bridgehead atoms. The van der Waals surface area contributed by atoms with Crippen LogP contribution in [0.15, 0.2) is 12.1 Å². The van der Waals surface area contributed by atoms with Crippen LogP contribution in [0.25, 0.3) is 0 Å². The smallest absolute Gasteiger partial charge is 0.437 e. The minimum Gasteiger partial charge on any atom is -0.437 e. The third-order valence-corrected chi connectivity index (χ3v) is 2.16. The Morgan fingerprint density at radius 2 is 1.50 bits per heavy atom. The van der Waals surface area contributed by atoms with Crippen LogP contribution in [-0.4, -0.2) is 36.4 Å². The lowest BCUT2D eigenvalue weighted by molar-refractivity contribution is -0.396. The van der Waals surface area contributed by atoms with Crippen LogP contribution in [0, 0.1) is 20.2 Å². The van der Waals surface area contributed by atoms with Crippen molar-refractivity contribution < 1.29 is 38.4 Å². The van der Waals surface area contributed by atoms with Gasteiger partial charge in [-0.2, -0.15) is 0 Å². The second kappa shape index (κ2) is 6.83. The molecule has 1 aromatic rings. The van der Waals surface area contributed by atoms with Gasteiger partial charge in [-0.1, -0.05) is 0 Å². The van der Waals surface area contributed by atoms with E-state index < -0.39 is 45.0 Å². The van der Waals surface area contributed by atoms with Crippen molar-refractivity contribution >= 4 is 23.7 Å². The lowest BCUT2D eigenvalue weighted by Crippen LogP contribution is -2.13. The quantitative estimate of drug-likeness (QED) is 0.347. The van der Waals surface area contributed by atoms with E-state index in [1.165, 1.54) is 0 Å². The molecule has 118 valence electrons. The maximum absolute atomic E-state index is 11.1. The number of nitro benzene ring substituents is 2. The van der Waals surface area contributed by atoms with Crippen LogP contribution in [0.1, 0.15) is 0 Å².